The van der Waals surface area contributed by atoms with Crippen LogP contribution < -0.4 is 5.32 Å². The van der Waals surface area contributed by atoms with Crippen LogP contribution in [0.2, 0.25) is 0 Å². The lowest BCUT2D eigenvalue weighted by Crippen LogP contribution is -2.54. The van der Waals surface area contributed by atoms with Crippen molar-refractivity contribution >= 4 is 0 Å². The van der Waals surface area contributed by atoms with Gasteiger partial charge < -0.3 is 5.32 Å². The SMILES string of the molecule is CCCN(CC1CC1)C1CC(CC)CCC1NCC. The molecule has 0 aliphatic heterocycles. The van der Waals surface area contributed by atoms with Gasteiger partial charge in [0, 0.05) is 18.6 Å². The van der Waals surface area contributed by atoms with E-state index in [1.54, 1.807) is 0 Å². The predicted octanol–water partition coefficient (Wildman–Crippen LogP) is 3.67. The van der Waals surface area contributed by atoms with Crippen LogP contribution in [-0.2, 0) is 0 Å². The van der Waals surface area contributed by atoms with E-state index in [1.807, 2.05) is 0 Å². The van der Waals surface area contributed by atoms with Crippen LogP contribution in [0.4, 0.5) is 0 Å². The van der Waals surface area contributed by atoms with Crippen LogP contribution in [0.25, 0.3) is 0 Å². The molecule has 2 saturated carbocycles. The second-order valence-electron chi connectivity index (χ2n) is 6.76. The summed E-state index contributed by atoms with van der Waals surface area (Å²) in [6, 6.07) is 1.55. The highest BCUT2D eigenvalue weighted by molar-refractivity contribution is 4.92. The monoisotopic (exact) mass is 266 g/mol. The zero-order valence-corrected chi connectivity index (χ0v) is 13.3. The highest BCUT2D eigenvalue weighted by Gasteiger charge is 2.35. The summed E-state index contributed by atoms with van der Waals surface area (Å²) in [6.45, 7) is 10.8. The van der Waals surface area contributed by atoms with E-state index in [0.29, 0.717) is 0 Å². The summed E-state index contributed by atoms with van der Waals surface area (Å²) in [5.74, 6) is 1.99. The van der Waals surface area contributed by atoms with Crippen molar-refractivity contribution in [2.24, 2.45) is 11.8 Å². The highest BCUT2D eigenvalue weighted by Crippen LogP contribution is 2.34. The fraction of sp³-hybridized carbons (Fsp3) is 1.00. The molecule has 112 valence electrons. The number of nitrogens with zero attached hydrogens (tertiary/aromatic N) is 1. The van der Waals surface area contributed by atoms with Crippen molar-refractivity contribution in [1.29, 1.82) is 0 Å². The van der Waals surface area contributed by atoms with Crippen molar-refractivity contribution in [2.75, 3.05) is 19.6 Å². The maximum Gasteiger partial charge on any atom is 0.0252 e. The molecule has 0 aromatic carbocycles. The van der Waals surface area contributed by atoms with Crippen molar-refractivity contribution in [3.05, 3.63) is 0 Å². The molecule has 3 atom stereocenters. The zero-order chi connectivity index (χ0) is 13.7. The molecule has 0 heterocycles. The summed E-state index contributed by atoms with van der Waals surface area (Å²) in [5, 5.41) is 3.77. The summed E-state index contributed by atoms with van der Waals surface area (Å²) in [7, 11) is 0. The second kappa shape index (κ2) is 7.64. The standard InChI is InChI=1S/C17H34N2/c1-4-11-19(13-15-7-8-15)17-12-14(5-2)9-10-16(17)18-6-3/h14-18H,4-13H2,1-3H3. The fourth-order valence-corrected chi connectivity index (χ4v) is 3.82. The van der Waals surface area contributed by atoms with E-state index in [4.69, 9.17) is 0 Å². The third-order valence-electron chi connectivity index (χ3n) is 5.14. The Morgan fingerprint density at radius 1 is 1.00 bits per heavy atom. The van der Waals surface area contributed by atoms with Gasteiger partial charge in [0.15, 0.2) is 0 Å². The van der Waals surface area contributed by atoms with Gasteiger partial charge in [-0.25, -0.2) is 0 Å². The van der Waals surface area contributed by atoms with Gasteiger partial charge in [-0.3, -0.25) is 4.90 Å². The molecule has 3 unspecified atom stereocenters. The first-order valence-corrected chi connectivity index (χ1v) is 8.75. The first-order valence-electron chi connectivity index (χ1n) is 8.75. The summed E-state index contributed by atoms with van der Waals surface area (Å²) in [5.41, 5.74) is 0. The Morgan fingerprint density at radius 3 is 2.32 bits per heavy atom. The zero-order valence-electron chi connectivity index (χ0n) is 13.3. The van der Waals surface area contributed by atoms with Crippen molar-refractivity contribution < 1.29 is 0 Å². The molecule has 2 nitrogen and oxygen atoms in total. The predicted molar refractivity (Wildman–Crippen MR) is 83.5 cm³/mol. The molecule has 1 N–H and O–H groups in total. The first kappa shape index (κ1) is 15.3. The molecule has 19 heavy (non-hydrogen) atoms. The third-order valence-corrected chi connectivity index (χ3v) is 5.14. The van der Waals surface area contributed by atoms with E-state index in [9.17, 15) is 0 Å². The van der Waals surface area contributed by atoms with Crippen LogP contribution in [0.15, 0.2) is 0 Å². The molecule has 0 aromatic rings. The molecule has 2 aliphatic rings. The van der Waals surface area contributed by atoms with Gasteiger partial charge in [0.1, 0.15) is 0 Å². The van der Waals surface area contributed by atoms with E-state index in [0.717, 1.165) is 30.5 Å². The Kier molecular flexibility index (Phi) is 6.15. The summed E-state index contributed by atoms with van der Waals surface area (Å²) < 4.78 is 0. The molecule has 0 bridgehead atoms. The van der Waals surface area contributed by atoms with Crippen molar-refractivity contribution in [2.45, 2.75) is 77.8 Å². The smallest absolute Gasteiger partial charge is 0.0252 e. The van der Waals surface area contributed by atoms with Crippen LogP contribution in [0.5, 0.6) is 0 Å². The van der Waals surface area contributed by atoms with Crippen molar-refractivity contribution in [3.63, 3.8) is 0 Å². The van der Waals surface area contributed by atoms with E-state index in [2.05, 4.69) is 31.0 Å². The van der Waals surface area contributed by atoms with Crippen LogP contribution in [0.3, 0.4) is 0 Å². The number of likely N-dealkylation sites (N-methyl/N-ethyl adjacent to an activating group) is 1. The third kappa shape index (κ3) is 4.46. The highest BCUT2D eigenvalue weighted by atomic mass is 15.2. The number of nitrogens with one attached hydrogen (secondary N) is 1. The summed E-state index contributed by atoms with van der Waals surface area (Å²) in [4.78, 5) is 2.84. The molecule has 0 aromatic heterocycles. The van der Waals surface area contributed by atoms with Crippen molar-refractivity contribution in [3.8, 4) is 0 Å². The van der Waals surface area contributed by atoms with Gasteiger partial charge in [0.2, 0.25) is 0 Å². The Labute approximate surface area is 120 Å². The Bertz CT molecular complexity index is 250. The summed E-state index contributed by atoms with van der Waals surface area (Å²) in [6.07, 6.45) is 9.90. The van der Waals surface area contributed by atoms with Gasteiger partial charge in [0.05, 0.1) is 0 Å². The van der Waals surface area contributed by atoms with E-state index in [1.165, 1.54) is 58.0 Å². The second-order valence-corrected chi connectivity index (χ2v) is 6.76. The Hall–Kier alpha value is -0.0800. The van der Waals surface area contributed by atoms with Gasteiger partial charge in [-0.2, -0.15) is 0 Å². The van der Waals surface area contributed by atoms with Gasteiger partial charge >= 0.3 is 0 Å². The average Bonchev–Trinajstić information content (AvgIpc) is 3.23. The number of hydrogen-bond donors (Lipinski definition) is 1. The minimum atomic E-state index is 0.748. The van der Waals surface area contributed by atoms with Crippen LogP contribution in [-0.4, -0.2) is 36.6 Å². The molecular weight excluding hydrogens is 232 g/mol. The fourth-order valence-electron chi connectivity index (χ4n) is 3.82. The minimum Gasteiger partial charge on any atom is -0.313 e. The first-order chi connectivity index (χ1) is 9.28. The normalized spacial score (nSPS) is 31.9. The van der Waals surface area contributed by atoms with Gasteiger partial charge in [0.25, 0.3) is 0 Å². The lowest BCUT2D eigenvalue weighted by molar-refractivity contribution is 0.0915. The molecule has 2 aliphatic carbocycles. The van der Waals surface area contributed by atoms with E-state index < -0.39 is 0 Å². The largest absolute Gasteiger partial charge is 0.313 e. The molecule has 0 spiro atoms. The molecule has 2 fully saturated rings. The van der Waals surface area contributed by atoms with Gasteiger partial charge in [-0.1, -0.05) is 27.2 Å². The molecule has 0 saturated heterocycles. The van der Waals surface area contributed by atoms with Crippen molar-refractivity contribution in [1.82, 2.24) is 10.2 Å². The van der Waals surface area contributed by atoms with Crippen LogP contribution >= 0.6 is 0 Å². The van der Waals surface area contributed by atoms with E-state index >= 15 is 0 Å². The molecule has 0 amide bonds. The Morgan fingerprint density at radius 2 is 1.74 bits per heavy atom. The van der Waals surface area contributed by atoms with Gasteiger partial charge in [-0.15, -0.1) is 0 Å². The maximum absolute atomic E-state index is 3.77. The summed E-state index contributed by atoms with van der Waals surface area (Å²) >= 11 is 0. The average molecular weight is 266 g/mol. The van der Waals surface area contributed by atoms with Gasteiger partial charge in [-0.05, 0) is 63.5 Å². The molecular formula is C17H34N2. The topological polar surface area (TPSA) is 15.3 Å². The van der Waals surface area contributed by atoms with Crippen LogP contribution in [0.1, 0.15) is 65.7 Å². The molecule has 0 radical (unpaired) electrons. The maximum atomic E-state index is 3.77. The van der Waals surface area contributed by atoms with Crippen LogP contribution in [0, 0.1) is 11.8 Å². The lowest BCUT2D eigenvalue weighted by Gasteiger charge is -2.43. The molecule has 2 rings (SSSR count). The Balaban J connectivity index is 1.98. The molecule has 2 heteroatoms. The number of hydrogen-bond acceptors (Lipinski definition) is 2. The lowest BCUT2D eigenvalue weighted by atomic mass is 9.80. The van der Waals surface area contributed by atoms with E-state index in [-0.39, 0.29) is 0 Å². The quantitative estimate of drug-likeness (QED) is 0.721. The minimum absolute atomic E-state index is 0.748. The number of rotatable bonds is 8.